The van der Waals surface area contributed by atoms with Crippen LogP contribution in [0.2, 0.25) is 0 Å². The predicted molar refractivity (Wildman–Crippen MR) is 85.2 cm³/mol. The lowest BCUT2D eigenvalue weighted by atomic mass is 10.1. The van der Waals surface area contributed by atoms with Gasteiger partial charge in [0.15, 0.2) is 0 Å². The Morgan fingerprint density at radius 3 is 2.25 bits per heavy atom. The van der Waals surface area contributed by atoms with Crippen molar-refractivity contribution in [3.8, 4) is 0 Å². The molecular weight excluding hydrogens is 246 g/mol. The zero-order valence-electron chi connectivity index (χ0n) is 12.8. The van der Waals surface area contributed by atoms with Gasteiger partial charge in [-0.3, -0.25) is 4.90 Å². The van der Waals surface area contributed by atoms with Crippen LogP contribution < -0.4 is 10.2 Å². The highest BCUT2D eigenvalue weighted by molar-refractivity contribution is 5.48. The summed E-state index contributed by atoms with van der Waals surface area (Å²) in [7, 11) is 0. The minimum absolute atomic E-state index is 0.674. The molecule has 0 amide bonds. The zero-order chi connectivity index (χ0) is 13.9. The highest BCUT2D eigenvalue weighted by atomic mass is 15.3. The van der Waals surface area contributed by atoms with E-state index < -0.39 is 0 Å². The normalized spacial score (nSPS) is 20.6. The third-order valence-corrected chi connectivity index (χ3v) is 4.52. The molecule has 1 aliphatic heterocycles. The van der Waals surface area contributed by atoms with Crippen LogP contribution in [-0.4, -0.2) is 43.2 Å². The molecule has 2 aliphatic rings. The number of hydrogen-bond acceptors (Lipinski definition) is 3. The number of benzene rings is 1. The van der Waals surface area contributed by atoms with Crippen LogP contribution in [-0.2, 0) is 6.54 Å². The van der Waals surface area contributed by atoms with Crippen LogP contribution in [0.5, 0.6) is 0 Å². The molecule has 1 aromatic carbocycles. The van der Waals surface area contributed by atoms with Crippen LogP contribution in [0.3, 0.4) is 0 Å². The minimum atomic E-state index is 0.674. The standard InChI is InChI=1S/C17H27N3/c1-14(2)19-9-11-20(12-10-19)17-7-3-15(4-8-17)13-18-16-5-6-16/h3-4,7-8,14,16,18H,5-6,9-13H2,1-2H3. The van der Waals surface area contributed by atoms with Gasteiger partial charge in [0.05, 0.1) is 0 Å². The smallest absolute Gasteiger partial charge is 0.0367 e. The molecule has 3 rings (SSSR count). The molecule has 3 nitrogen and oxygen atoms in total. The summed E-state index contributed by atoms with van der Waals surface area (Å²) in [6.07, 6.45) is 2.72. The van der Waals surface area contributed by atoms with Gasteiger partial charge in [0.2, 0.25) is 0 Å². The van der Waals surface area contributed by atoms with E-state index >= 15 is 0 Å². The van der Waals surface area contributed by atoms with Crippen molar-refractivity contribution in [2.24, 2.45) is 0 Å². The molecule has 3 heteroatoms. The molecule has 110 valence electrons. The summed E-state index contributed by atoms with van der Waals surface area (Å²) in [5, 5.41) is 3.57. The number of piperazine rings is 1. The molecular formula is C17H27N3. The molecule has 0 atom stereocenters. The van der Waals surface area contributed by atoms with Gasteiger partial charge < -0.3 is 10.2 Å². The van der Waals surface area contributed by atoms with Crippen LogP contribution in [0, 0.1) is 0 Å². The Morgan fingerprint density at radius 2 is 1.70 bits per heavy atom. The van der Waals surface area contributed by atoms with Crippen LogP contribution in [0.1, 0.15) is 32.3 Å². The molecule has 1 heterocycles. The Kier molecular flexibility index (Phi) is 4.27. The molecule has 2 fully saturated rings. The molecule has 1 N–H and O–H groups in total. The highest BCUT2D eigenvalue weighted by Gasteiger charge is 2.20. The Balaban J connectivity index is 1.52. The molecule has 1 saturated heterocycles. The van der Waals surface area contributed by atoms with Crippen molar-refractivity contribution >= 4 is 5.69 Å². The van der Waals surface area contributed by atoms with Crippen molar-refractivity contribution in [1.29, 1.82) is 0 Å². The van der Waals surface area contributed by atoms with Gasteiger partial charge >= 0.3 is 0 Å². The van der Waals surface area contributed by atoms with Gasteiger partial charge in [-0.05, 0) is 44.4 Å². The summed E-state index contributed by atoms with van der Waals surface area (Å²) >= 11 is 0. The first-order chi connectivity index (χ1) is 9.72. The first-order valence-corrected chi connectivity index (χ1v) is 8.04. The van der Waals surface area contributed by atoms with E-state index in [1.54, 1.807) is 0 Å². The van der Waals surface area contributed by atoms with Crippen molar-refractivity contribution in [1.82, 2.24) is 10.2 Å². The first kappa shape index (κ1) is 13.9. The fourth-order valence-electron chi connectivity index (χ4n) is 2.87. The molecule has 0 spiro atoms. The Morgan fingerprint density at radius 1 is 1.05 bits per heavy atom. The predicted octanol–water partition coefficient (Wildman–Crippen LogP) is 2.47. The van der Waals surface area contributed by atoms with E-state index in [9.17, 15) is 0 Å². The topological polar surface area (TPSA) is 18.5 Å². The maximum absolute atomic E-state index is 3.57. The zero-order valence-corrected chi connectivity index (χ0v) is 12.8. The summed E-state index contributed by atoms with van der Waals surface area (Å²) in [4.78, 5) is 5.07. The monoisotopic (exact) mass is 273 g/mol. The number of rotatable bonds is 5. The molecule has 0 aromatic heterocycles. The molecule has 0 radical (unpaired) electrons. The van der Waals surface area contributed by atoms with E-state index in [4.69, 9.17) is 0 Å². The van der Waals surface area contributed by atoms with Gasteiger partial charge in [-0.1, -0.05) is 12.1 Å². The Bertz CT molecular complexity index is 414. The van der Waals surface area contributed by atoms with Crippen molar-refractivity contribution in [2.45, 2.75) is 45.3 Å². The van der Waals surface area contributed by atoms with Crippen LogP contribution >= 0.6 is 0 Å². The number of anilines is 1. The molecule has 0 unspecified atom stereocenters. The second kappa shape index (κ2) is 6.15. The summed E-state index contributed by atoms with van der Waals surface area (Å²) in [6.45, 7) is 10.3. The van der Waals surface area contributed by atoms with Gasteiger partial charge in [-0.2, -0.15) is 0 Å². The lowest BCUT2D eigenvalue weighted by Crippen LogP contribution is -2.48. The van der Waals surface area contributed by atoms with Gasteiger partial charge in [0.25, 0.3) is 0 Å². The van der Waals surface area contributed by atoms with Crippen LogP contribution in [0.15, 0.2) is 24.3 Å². The van der Waals surface area contributed by atoms with E-state index in [1.807, 2.05) is 0 Å². The van der Waals surface area contributed by atoms with Gasteiger partial charge in [0.1, 0.15) is 0 Å². The fourth-order valence-corrected chi connectivity index (χ4v) is 2.87. The van der Waals surface area contributed by atoms with Crippen LogP contribution in [0.25, 0.3) is 0 Å². The van der Waals surface area contributed by atoms with E-state index in [-0.39, 0.29) is 0 Å². The van der Waals surface area contributed by atoms with E-state index in [1.165, 1.54) is 37.2 Å². The van der Waals surface area contributed by atoms with Crippen molar-refractivity contribution in [2.75, 3.05) is 31.1 Å². The number of nitrogens with one attached hydrogen (secondary N) is 1. The quantitative estimate of drug-likeness (QED) is 0.889. The molecule has 1 aromatic rings. The molecule has 20 heavy (non-hydrogen) atoms. The first-order valence-electron chi connectivity index (χ1n) is 8.04. The Labute approximate surface area is 123 Å². The van der Waals surface area contributed by atoms with Gasteiger partial charge in [0, 0.05) is 50.5 Å². The lowest BCUT2D eigenvalue weighted by Gasteiger charge is -2.38. The van der Waals surface area contributed by atoms with Crippen molar-refractivity contribution in [3.63, 3.8) is 0 Å². The van der Waals surface area contributed by atoms with E-state index in [0.29, 0.717) is 6.04 Å². The van der Waals surface area contributed by atoms with E-state index in [0.717, 1.165) is 25.7 Å². The second-order valence-corrected chi connectivity index (χ2v) is 6.44. The van der Waals surface area contributed by atoms with Crippen molar-refractivity contribution in [3.05, 3.63) is 29.8 Å². The summed E-state index contributed by atoms with van der Waals surface area (Å²) in [6, 6.07) is 10.6. The second-order valence-electron chi connectivity index (χ2n) is 6.44. The number of hydrogen-bond donors (Lipinski definition) is 1. The summed E-state index contributed by atoms with van der Waals surface area (Å²) < 4.78 is 0. The van der Waals surface area contributed by atoms with Crippen molar-refractivity contribution < 1.29 is 0 Å². The van der Waals surface area contributed by atoms with E-state index in [2.05, 4.69) is 53.2 Å². The third kappa shape index (κ3) is 3.53. The lowest BCUT2D eigenvalue weighted by molar-refractivity contribution is 0.209. The molecule has 0 bridgehead atoms. The minimum Gasteiger partial charge on any atom is -0.369 e. The Hall–Kier alpha value is -1.06. The largest absolute Gasteiger partial charge is 0.369 e. The summed E-state index contributed by atoms with van der Waals surface area (Å²) in [5.41, 5.74) is 2.78. The maximum Gasteiger partial charge on any atom is 0.0367 e. The average molecular weight is 273 g/mol. The maximum atomic E-state index is 3.57. The molecule has 1 saturated carbocycles. The van der Waals surface area contributed by atoms with Crippen LogP contribution in [0.4, 0.5) is 5.69 Å². The van der Waals surface area contributed by atoms with Gasteiger partial charge in [-0.25, -0.2) is 0 Å². The summed E-state index contributed by atoms with van der Waals surface area (Å²) in [5.74, 6) is 0. The average Bonchev–Trinajstić information content (AvgIpc) is 3.30. The highest BCUT2D eigenvalue weighted by Crippen LogP contribution is 2.21. The fraction of sp³-hybridized carbons (Fsp3) is 0.647. The number of nitrogens with zero attached hydrogens (tertiary/aromatic N) is 2. The van der Waals surface area contributed by atoms with Gasteiger partial charge in [-0.15, -0.1) is 0 Å². The SMILES string of the molecule is CC(C)N1CCN(c2ccc(CNC3CC3)cc2)CC1. The third-order valence-electron chi connectivity index (χ3n) is 4.52. The molecule has 1 aliphatic carbocycles.